The van der Waals surface area contributed by atoms with E-state index < -0.39 is 0 Å². The molecule has 0 radical (unpaired) electrons. The monoisotopic (exact) mass is 247 g/mol. The third-order valence-corrected chi connectivity index (χ3v) is 2.37. The molecule has 1 aromatic carbocycles. The Morgan fingerprint density at radius 3 is 2.13 bits per heavy atom. The van der Waals surface area contributed by atoms with Crippen LogP contribution in [-0.4, -0.2) is 5.91 Å². The molecule has 0 aromatic heterocycles. The molecule has 0 unspecified atom stereocenters. The van der Waals surface area contributed by atoms with Crippen molar-refractivity contribution in [1.82, 2.24) is 0 Å². The maximum Gasteiger partial charge on any atom is 0.221 e. The first-order chi connectivity index (χ1) is 7.02. The minimum atomic E-state index is -0.160. The lowest BCUT2D eigenvalue weighted by Gasteiger charge is -2.09. The maximum absolute atomic E-state index is 10.8. The Morgan fingerprint density at radius 2 is 1.67 bits per heavy atom. The predicted molar refractivity (Wildman–Crippen MR) is 66.9 cm³/mol. The van der Waals surface area contributed by atoms with Crippen molar-refractivity contribution in [3.05, 3.63) is 27.7 Å². The fourth-order valence-corrected chi connectivity index (χ4v) is 1.39. The number of anilines is 1. The van der Waals surface area contributed by atoms with Gasteiger partial charge in [0.2, 0.25) is 5.91 Å². The van der Waals surface area contributed by atoms with Crippen LogP contribution in [0.4, 0.5) is 5.69 Å². The van der Waals surface area contributed by atoms with Gasteiger partial charge in [0.25, 0.3) is 0 Å². The van der Waals surface area contributed by atoms with Crippen LogP contribution in [0.5, 0.6) is 0 Å². The minimum absolute atomic E-state index is 0.160. The number of amides is 1. The van der Waals surface area contributed by atoms with Crippen LogP contribution < -0.4 is 5.32 Å². The van der Waals surface area contributed by atoms with E-state index in [-0.39, 0.29) is 5.91 Å². The highest BCUT2D eigenvalue weighted by Gasteiger charge is 2.08. The lowest BCUT2D eigenvalue weighted by Crippen LogP contribution is -2.07. The van der Waals surface area contributed by atoms with Crippen molar-refractivity contribution in [1.29, 1.82) is 0 Å². The number of benzene rings is 1. The summed E-state index contributed by atoms with van der Waals surface area (Å²) >= 11 is 11.7. The Bertz CT molecular complexity index is 351. The van der Waals surface area contributed by atoms with Crippen LogP contribution in [0.25, 0.3) is 0 Å². The lowest BCUT2D eigenvalue weighted by atomic mass is 10.2. The maximum atomic E-state index is 10.8. The van der Waals surface area contributed by atoms with Crippen molar-refractivity contribution >= 4 is 34.8 Å². The smallest absolute Gasteiger partial charge is 0.221 e. The molecule has 0 saturated carbocycles. The molecule has 0 bridgehead atoms. The van der Waals surface area contributed by atoms with Gasteiger partial charge in [0, 0.05) is 11.9 Å². The highest BCUT2D eigenvalue weighted by atomic mass is 35.5. The molecule has 84 valence electrons. The molecule has 2 nitrogen and oxygen atoms in total. The predicted octanol–water partition coefficient (Wildman–Crippen LogP) is 4.29. The van der Waals surface area contributed by atoms with Crippen LogP contribution >= 0.6 is 23.2 Å². The van der Waals surface area contributed by atoms with Gasteiger partial charge in [-0.15, -0.1) is 0 Å². The summed E-state index contributed by atoms with van der Waals surface area (Å²) in [5.41, 5.74) is 1.37. The number of rotatable bonds is 1. The van der Waals surface area contributed by atoms with Gasteiger partial charge < -0.3 is 5.32 Å². The van der Waals surface area contributed by atoms with Gasteiger partial charge in [-0.3, -0.25) is 4.79 Å². The Labute approximate surface area is 101 Å². The minimum Gasteiger partial charge on any atom is -0.325 e. The summed E-state index contributed by atoms with van der Waals surface area (Å²) in [6.07, 6.45) is 0. The molecule has 0 heterocycles. The number of carbonyl (C=O) groups excluding carboxylic acids is 1. The number of nitrogens with one attached hydrogen (secondary N) is 1. The van der Waals surface area contributed by atoms with Crippen LogP contribution in [0, 0.1) is 6.92 Å². The number of halogens is 2. The van der Waals surface area contributed by atoms with Gasteiger partial charge in [-0.25, -0.2) is 0 Å². The Kier molecular flexibility index (Phi) is 6.37. The molecule has 1 rings (SSSR count). The fraction of sp³-hybridized carbons (Fsp3) is 0.364. The van der Waals surface area contributed by atoms with E-state index in [0.717, 1.165) is 5.56 Å². The van der Waals surface area contributed by atoms with E-state index >= 15 is 0 Å². The average Bonchev–Trinajstić information content (AvgIpc) is 2.21. The van der Waals surface area contributed by atoms with Gasteiger partial charge in [-0.05, 0) is 24.6 Å². The molecule has 0 aliphatic rings. The normalized spacial score (nSPS) is 8.93. The standard InChI is InChI=1S/C9H9Cl2NO.C2H6/c1-5-7(10)3-4-8(11)9(5)12-6(2)13;1-2/h3-4H,1-2H3,(H,12,13);1-2H3. The summed E-state index contributed by atoms with van der Waals surface area (Å²) in [5, 5.41) is 3.72. The largest absolute Gasteiger partial charge is 0.325 e. The second-order valence-electron chi connectivity index (χ2n) is 2.71. The zero-order chi connectivity index (χ0) is 12.0. The molecule has 0 saturated heterocycles. The van der Waals surface area contributed by atoms with Gasteiger partial charge in [0.05, 0.1) is 10.7 Å². The van der Waals surface area contributed by atoms with Crippen LogP contribution in [0.1, 0.15) is 26.3 Å². The number of carbonyl (C=O) groups is 1. The first-order valence-corrected chi connectivity index (χ1v) is 5.50. The summed E-state index contributed by atoms with van der Waals surface area (Å²) in [6, 6.07) is 3.35. The molecule has 15 heavy (non-hydrogen) atoms. The highest BCUT2D eigenvalue weighted by molar-refractivity contribution is 6.36. The molecule has 0 aliphatic heterocycles. The zero-order valence-electron chi connectivity index (χ0n) is 9.32. The van der Waals surface area contributed by atoms with Crippen molar-refractivity contribution in [2.24, 2.45) is 0 Å². The van der Waals surface area contributed by atoms with Crippen molar-refractivity contribution < 1.29 is 4.79 Å². The Hall–Kier alpha value is -0.730. The molecule has 4 heteroatoms. The first-order valence-electron chi connectivity index (χ1n) is 4.74. The molecule has 0 spiro atoms. The molecule has 0 atom stereocenters. The van der Waals surface area contributed by atoms with Crippen LogP contribution in [0.2, 0.25) is 10.0 Å². The lowest BCUT2D eigenvalue weighted by molar-refractivity contribution is -0.114. The summed E-state index contributed by atoms with van der Waals surface area (Å²) in [4.78, 5) is 10.8. The molecular formula is C11H15Cl2NO. The third-order valence-electron chi connectivity index (χ3n) is 1.65. The van der Waals surface area contributed by atoms with E-state index in [9.17, 15) is 4.79 Å². The highest BCUT2D eigenvalue weighted by Crippen LogP contribution is 2.30. The van der Waals surface area contributed by atoms with Crippen LogP contribution in [-0.2, 0) is 4.79 Å². The average molecular weight is 248 g/mol. The van der Waals surface area contributed by atoms with Crippen molar-refractivity contribution in [2.75, 3.05) is 5.32 Å². The molecule has 1 amide bonds. The summed E-state index contributed by atoms with van der Waals surface area (Å²) < 4.78 is 0. The summed E-state index contributed by atoms with van der Waals surface area (Å²) in [7, 11) is 0. The van der Waals surface area contributed by atoms with E-state index in [1.807, 2.05) is 13.8 Å². The van der Waals surface area contributed by atoms with Crippen molar-refractivity contribution in [3.8, 4) is 0 Å². The van der Waals surface area contributed by atoms with Crippen molar-refractivity contribution in [2.45, 2.75) is 27.7 Å². The van der Waals surface area contributed by atoms with Gasteiger partial charge in [-0.1, -0.05) is 37.0 Å². The van der Waals surface area contributed by atoms with Gasteiger partial charge in [-0.2, -0.15) is 0 Å². The fourth-order valence-electron chi connectivity index (χ4n) is 0.983. The van der Waals surface area contributed by atoms with Crippen LogP contribution in [0.3, 0.4) is 0 Å². The second kappa shape index (κ2) is 6.70. The topological polar surface area (TPSA) is 29.1 Å². The van der Waals surface area contributed by atoms with E-state index in [2.05, 4.69) is 5.32 Å². The first kappa shape index (κ1) is 14.3. The molecule has 0 aliphatic carbocycles. The SMILES string of the molecule is CC.CC(=O)Nc1c(Cl)ccc(Cl)c1C. The molecular weight excluding hydrogens is 233 g/mol. The van der Waals surface area contributed by atoms with Gasteiger partial charge >= 0.3 is 0 Å². The van der Waals surface area contributed by atoms with E-state index in [4.69, 9.17) is 23.2 Å². The Morgan fingerprint density at radius 1 is 1.20 bits per heavy atom. The molecule has 1 N–H and O–H groups in total. The van der Waals surface area contributed by atoms with Gasteiger partial charge in [0.1, 0.15) is 0 Å². The van der Waals surface area contributed by atoms with Crippen molar-refractivity contribution in [3.63, 3.8) is 0 Å². The quantitative estimate of drug-likeness (QED) is 0.789. The molecule has 1 aromatic rings. The molecule has 0 fully saturated rings. The third kappa shape index (κ3) is 4.10. The summed E-state index contributed by atoms with van der Waals surface area (Å²) in [5.74, 6) is -0.160. The van der Waals surface area contributed by atoms with E-state index in [0.29, 0.717) is 15.7 Å². The van der Waals surface area contributed by atoms with Crippen LogP contribution in [0.15, 0.2) is 12.1 Å². The van der Waals surface area contributed by atoms with E-state index in [1.54, 1.807) is 19.1 Å². The number of hydrogen-bond donors (Lipinski definition) is 1. The zero-order valence-corrected chi connectivity index (χ0v) is 10.8. The van der Waals surface area contributed by atoms with E-state index in [1.165, 1.54) is 6.92 Å². The number of hydrogen-bond acceptors (Lipinski definition) is 1. The Balaban J connectivity index is 0.000000921. The van der Waals surface area contributed by atoms with Gasteiger partial charge in [0.15, 0.2) is 0 Å². The summed E-state index contributed by atoms with van der Waals surface area (Å²) in [6.45, 7) is 7.23. The second-order valence-corrected chi connectivity index (χ2v) is 3.52.